The summed E-state index contributed by atoms with van der Waals surface area (Å²) in [5, 5.41) is 26.2. The van der Waals surface area contributed by atoms with Crippen LogP contribution >= 0.6 is 0 Å². The van der Waals surface area contributed by atoms with Gasteiger partial charge in [0.1, 0.15) is 17.6 Å². The minimum absolute atomic E-state index is 0.0597. The van der Waals surface area contributed by atoms with E-state index < -0.39 is 11.5 Å². The van der Waals surface area contributed by atoms with Crippen LogP contribution in [-0.4, -0.2) is 61.2 Å². The molecule has 5 rings (SSSR count). The van der Waals surface area contributed by atoms with Crippen LogP contribution < -0.4 is 10.9 Å². The summed E-state index contributed by atoms with van der Waals surface area (Å²) in [4.78, 5) is 42.6. The number of piperidine rings is 1. The second-order valence-electron chi connectivity index (χ2n) is 8.62. The molecule has 3 atom stereocenters. The number of nitrogens with zero attached hydrogens (tertiary/aromatic N) is 3. The number of phenols is 1. The monoisotopic (exact) mass is 437 g/mol. The number of aromatic amines is 1. The zero-order valence-corrected chi connectivity index (χ0v) is 17.4. The smallest absolute Gasteiger partial charge is 0.275 e. The molecule has 3 heterocycles. The molecule has 0 spiro atoms. The molecular formula is C22H23N5O5. The lowest BCUT2D eigenvalue weighted by Gasteiger charge is -2.23. The summed E-state index contributed by atoms with van der Waals surface area (Å²) >= 11 is 0. The number of aromatic hydroxyl groups is 1. The molecule has 1 unspecified atom stereocenters. The summed E-state index contributed by atoms with van der Waals surface area (Å²) in [5.41, 5.74) is 0.975. The van der Waals surface area contributed by atoms with Gasteiger partial charge in [-0.15, -0.1) is 0 Å². The third kappa shape index (κ3) is 3.06. The normalized spacial score (nSPS) is 22.6. The molecule has 10 heteroatoms. The highest BCUT2D eigenvalue weighted by Crippen LogP contribution is 2.58. The quantitative estimate of drug-likeness (QED) is 0.454. The Morgan fingerprint density at radius 3 is 2.78 bits per heavy atom. The minimum atomic E-state index is -0.664. The van der Waals surface area contributed by atoms with Crippen LogP contribution in [0, 0.1) is 18.3 Å². The molecule has 1 saturated heterocycles. The van der Waals surface area contributed by atoms with Gasteiger partial charge >= 0.3 is 0 Å². The number of carbonyl (C=O) groups is 2. The first kappa shape index (κ1) is 20.3. The van der Waals surface area contributed by atoms with Gasteiger partial charge in [-0.1, -0.05) is 12.1 Å². The molecule has 2 aliphatic rings. The maximum atomic E-state index is 13.2. The second kappa shape index (κ2) is 7.20. The van der Waals surface area contributed by atoms with Crippen molar-refractivity contribution < 1.29 is 19.8 Å². The zero-order valence-electron chi connectivity index (χ0n) is 17.4. The number of phenolic OH excluding ortho intramolecular Hbond substituents is 1. The zero-order chi connectivity index (χ0) is 22.6. The van der Waals surface area contributed by atoms with Crippen LogP contribution in [0.15, 0.2) is 41.6 Å². The Bertz CT molecular complexity index is 1280. The third-order valence-electron chi connectivity index (χ3n) is 6.73. The number of H-pyrrole nitrogens is 1. The van der Waals surface area contributed by atoms with Gasteiger partial charge in [0, 0.05) is 19.3 Å². The number of amides is 2. The van der Waals surface area contributed by atoms with E-state index in [1.807, 2.05) is 0 Å². The standard InChI is InChI=1S/C22H23N5O5/c1-12-16(8-27-18(12)19(30)23-11-24-27)20(31)26-7-14-6-22(14,10-26)21(32)25-17(9-28)13-2-4-15(29)5-3-13/h2-5,8,11,14,17,28-29H,6-7,9-10H2,1H3,(H,25,32)(H,23,24,30)/t14?,17-,22+/m0/s1. The molecule has 1 aromatic carbocycles. The number of fused-ring (bicyclic) bond motifs is 2. The summed E-state index contributed by atoms with van der Waals surface area (Å²) in [6, 6.07) is 5.71. The first-order valence-electron chi connectivity index (χ1n) is 10.4. The van der Waals surface area contributed by atoms with Crippen molar-refractivity contribution in [3.8, 4) is 5.75 Å². The molecule has 1 saturated carbocycles. The van der Waals surface area contributed by atoms with E-state index in [-0.39, 0.29) is 42.2 Å². The van der Waals surface area contributed by atoms with Crippen molar-refractivity contribution in [2.75, 3.05) is 19.7 Å². The van der Waals surface area contributed by atoms with E-state index in [1.165, 1.54) is 23.0 Å². The van der Waals surface area contributed by atoms with E-state index in [1.54, 1.807) is 30.2 Å². The van der Waals surface area contributed by atoms with E-state index in [0.717, 1.165) is 0 Å². The second-order valence-corrected chi connectivity index (χ2v) is 8.62. The number of benzene rings is 1. The highest BCUT2D eigenvalue weighted by molar-refractivity contribution is 5.99. The lowest BCUT2D eigenvalue weighted by molar-refractivity contribution is -0.127. The molecule has 0 bridgehead atoms. The maximum absolute atomic E-state index is 13.2. The van der Waals surface area contributed by atoms with Crippen molar-refractivity contribution in [1.29, 1.82) is 0 Å². The van der Waals surface area contributed by atoms with Crippen LogP contribution in [0.25, 0.3) is 5.52 Å². The van der Waals surface area contributed by atoms with Crippen LogP contribution in [0.1, 0.15) is 33.9 Å². The largest absolute Gasteiger partial charge is 0.508 e. The lowest BCUT2D eigenvalue weighted by Crippen LogP contribution is -2.41. The Morgan fingerprint density at radius 1 is 1.34 bits per heavy atom. The van der Waals surface area contributed by atoms with Crippen LogP contribution in [0.5, 0.6) is 5.75 Å². The number of aryl methyl sites for hydroxylation is 1. The molecule has 2 aromatic heterocycles. The molecule has 32 heavy (non-hydrogen) atoms. The van der Waals surface area contributed by atoms with Crippen molar-refractivity contribution in [3.05, 3.63) is 63.8 Å². The first-order chi connectivity index (χ1) is 15.3. The number of likely N-dealkylation sites (tertiary alicyclic amines) is 1. The number of hydrogen-bond acceptors (Lipinski definition) is 6. The molecule has 3 aromatic rings. The number of aromatic nitrogens is 3. The highest BCUT2D eigenvalue weighted by atomic mass is 16.3. The van der Waals surface area contributed by atoms with Crippen molar-refractivity contribution in [2.45, 2.75) is 19.4 Å². The Hall–Kier alpha value is -3.66. The fourth-order valence-electron chi connectivity index (χ4n) is 4.78. The average molecular weight is 437 g/mol. The predicted octanol–water partition coefficient (Wildman–Crippen LogP) is 0.349. The number of rotatable bonds is 5. The van der Waals surface area contributed by atoms with Crippen LogP contribution in [-0.2, 0) is 4.79 Å². The van der Waals surface area contributed by atoms with Crippen LogP contribution in [0.4, 0.5) is 0 Å². The number of aliphatic hydroxyl groups is 1. The predicted molar refractivity (Wildman–Crippen MR) is 113 cm³/mol. The Labute approximate surface area is 182 Å². The van der Waals surface area contributed by atoms with Crippen molar-refractivity contribution >= 4 is 17.3 Å². The van der Waals surface area contributed by atoms with Gasteiger partial charge in [-0.25, -0.2) is 4.52 Å². The van der Waals surface area contributed by atoms with Gasteiger partial charge in [-0.05, 0) is 42.5 Å². The highest BCUT2D eigenvalue weighted by Gasteiger charge is 2.65. The molecule has 4 N–H and O–H groups in total. The van der Waals surface area contributed by atoms with Gasteiger partial charge in [-0.2, -0.15) is 5.10 Å². The number of carbonyl (C=O) groups excluding carboxylic acids is 2. The van der Waals surface area contributed by atoms with Crippen LogP contribution in [0.3, 0.4) is 0 Å². The van der Waals surface area contributed by atoms with E-state index in [0.29, 0.717) is 35.2 Å². The Balaban J connectivity index is 1.33. The summed E-state index contributed by atoms with van der Waals surface area (Å²) in [6.07, 6.45) is 3.51. The van der Waals surface area contributed by atoms with Gasteiger partial charge < -0.3 is 25.4 Å². The molecule has 1 aliphatic carbocycles. The van der Waals surface area contributed by atoms with Crippen molar-refractivity contribution in [3.63, 3.8) is 0 Å². The van der Waals surface area contributed by atoms with E-state index in [4.69, 9.17) is 0 Å². The third-order valence-corrected chi connectivity index (χ3v) is 6.73. The summed E-state index contributed by atoms with van der Waals surface area (Å²) < 4.78 is 1.39. The Kier molecular flexibility index (Phi) is 4.55. The van der Waals surface area contributed by atoms with E-state index in [9.17, 15) is 24.6 Å². The Morgan fingerprint density at radius 2 is 2.09 bits per heavy atom. The van der Waals surface area contributed by atoms with Crippen LogP contribution in [0.2, 0.25) is 0 Å². The molecule has 1 aliphatic heterocycles. The average Bonchev–Trinajstić information content (AvgIpc) is 3.18. The molecule has 2 fully saturated rings. The molecule has 166 valence electrons. The minimum Gasteiger partial charge on any atom is -0.508 e. The lowest BCUT2D eigenvalue weighted by atomic mass is 10.0. The first-order valence-corrected chi connectivity index (χ1v) is 10.4. The molecule has 0 radical (unpaired) electrons. The number of nitrogens with one attached hydrogen (secondary N) is 2. The molecule has 10 nitrogen and oxygen atoms in total. The van der Waals surface area contributed by atoms with E-state index in [2.05, 4.69) is 15.4 Å². The topological polar surface area (TPSA) is 140 Å². The van der Waals surface area contributed by atoms with Gasteiger partial charge in [0.05, 0.1) is 23.6 Å². The van der Waals surface area contributed by atoms with Gasteiger partial charge in [-0.3, -0.25) is 14.4 Å². The van der Waals surface area contributed by atoms with Crippen molar-refractivity contribution in [1.82, 2.24) is 24.8 Å². The molecular weight excluding hydrogens is 414 g/mol. The molecule has 2 amide bonds. The van der Waals surface area contributed by atoms with Gasteiger partial charge in [0.25, 0.3) is 11.5 Å². The number of aliphatic hydroxyl groups excluding tert-OH is 1. The van der Waals surface area contributed by atoms with E-state index >= 15 is 0 Å². The number of hydrogen-bond donors (Lipinski definition) is 4. The fraction of sp³-hybridized carbons (Fsp3) is 0.364. The van der Waals surface area contributed by atoms with Gasteiger partial charge in [0.15, 0.2) is 0 Å². The van der Waals surface area contributed by atoms with Crippen molar-refractivity contribution in [2.24, 2.45) is 11.3 Å². The van der Waals surface area contributed by atoms with Gasteiger partial charge in [0.2, 0.25) is 5.91 Å². The SMILES string of the molecule is Cc1c(C(=O)N2CC3C[C@@]3(C(=O)N[C@@H](CO)c3ccc(O)cc3)C2)cn2nc[nH]c(=O)c12. The summed E-state index contributed by atoms with van der Waals surface area (Å²) in [6.45, 7) is 2.18. The fourth-order valence-corrected chi connectivity index (χ4v) is 4.78. The summed E-state index contributed by atoms with van der Waals surface area (Å²) in [7, 11) is 0. The maximum Gasteiger partial charge on any atom is 0.275 e. The summed E-state index contributed by atoms with van der Waals surface area (Å²) in [5.74, 6) is -0.260.